The maximum Gasteiger partial charge on any atom is 0.138 e. The van der Waals surface area contributed by atoms with Crippen molar-refractivity contribution >= 4 is 49.0 Å². The fraction of sp³-hybridized carbons (Fsp3) is 0.200. The molecule has 0 aliphatic carbocycles. The number of hydrogen-bond acceptors (Lipinski definition) is 2. The Morgan fingerprint density at radius 3 is 2.93 bits per heavy atom. The minimum Gasteiger partial charge on any atom is -0.495 e. The van der Waals surface area contributed by atoms with Gasteiger partial charge in [-0.25, -0.2) is 0 Å². The van der Waals surface area contributed by atoms with Gasteiger partial charge in [0, 0.05) is 20.3 Å². The molecule has 0 aliphatic rings. The number of fused-ring (bicyclic) bond motifs is 1. The van der Waals surface area contributed by atoms with Gasteiger partial charge in [-0.15, -0.1) is 11.3 Å². The molecule has 0 saturated carbocycles. The molecule has 0 radical (unpaired) electrons. The first kappa shape index (κ1) is 10.3. The van der Waals surface area contributed by atoms with E-state index in [-0.39, 0.29) is 0 Å². The van der Waals surface area contributed by atoms with E-state index < -0.39 is 0 Å². The quantitative estimate of drug-likeness (QED) is 0.742. The summed E-state index contributed by atoms with van der Waals surface area (Å²) >= 11 is 11.4. The average molecular weight is 292 g/mol. The first-order valence-electron chi connectivity index (χ1n) is 4.07. The van der Waals surface area contributed by atoms with Crippen LogP contribution in [0.15, 0.2) is 18.2 Å². The van der Waals surface area contributed by atoms with Crippen molar-refractivity contribution in [1.29, 1.82) is 0 Å². The lowest BCUT2D eigenvalue weighted by molar-refractivity contribution is 0.415. The lowest BCUT2D eigenvalue weighted by atomic mass is 10.2. The molecule has 2 aromatic rings. The zero-order valence-corrected chi connectivity index (χ0v) is 10.7. The highest BCUT2D eigenvalue weighted by molar-refractivity contribution is 9.08. The van der Waals surface area contributed by atoms with Crippen molar-refractivity contribution in [3.8, 4) is 5.75 Å². The van der Waals surface area contributed by atoms with Gasteiger partial charge in [0.2, 0.25) is 0 Å². The fourth-order valence-corrected chi connectivity index (χ4v) is 3.11. The molecule has 1 nitrogen and oxygen atoms in total. The van der Waals surface area contributed by atoms with Crippen molar-refractivity contribution in [2.45, 2.75) is 5.33 Å². The first-order chi connectivity index (χ1) is 6.76. The van der Waals surface area contributed by atoms with E-state index in [9.17, 15) is 0 Å². The van der Waals surface area contributed by atoms with Crippen LogP contribution in [0.3, 0.4) is 0 Å². The van der Waals surface area contributed by atoms with Crippen LogP contribution in [-0.2, 0) is 5.33 Å². The highest BCUT2D eigenvalue weighted by Crippen LogP contribution is 2.37. The van der Waals surface area contributed by atoms with Gasteiger partial charge in [-0.05, 0) is 18.2 Å². The smallest absolute Gasteiger partial charge is 0.138 e. The monoisotopic (exact) mass is 290 g/mol. The molecular formula is C10H8BrClOS. The molecule has 0 spiro atoms. The van der Waals surface area contributed by atoms with E-state index >= 15 is 0 Å². The largest absolute Gasteiger partial charge is 0.495 e. The molecule has 0 N–H and O–H groups in total. The van der Waals surface area contributed by atoms with Crippen LogP contribution in [0.25, 0.3) is 10.1 Å². The van der Waals surface area contributed by atoms with Gasteiger partial charge >= 0.3 is 0 Å². The van der Waals surface area contributed by atoms with E-state index in [0.29, 0.717) is 5.02 Å². The predicted octanol–water partition coefficient (Wildman–Crippen LogP) is 4.46. The SMILES string of the molecule is COc1ccc2sc(CBr)cc2c1Cl. The van der Waals surface area contributed by atoms with Gasteiger partial charge in [0.05, 0.1) is 12.1 Å². The summed E-state index contributed by atoms with van der Waals surface area (Å²) in [7, 11) is 1.63. The molecule has 1 heterocycles. The summed E-state index contributed by atoms with van der Waals surface area (Å²) < 4.78 is 6.36. The third kappa shape index (κ3) is 1.64. The number of ether oxygens (including phenoxy) is 1. The van der Waals surface area contributed by atoms with Crippen LogP contribution < -0.4 is 4.74 Å². The van der Waals surface area contributed by atoms with Crippen molar-refractivity contribution < 1.29 is 4.74 Å². The Hall–Kier alpha value is -0.250. The molecular weight excluding hydrogens is 284 g/mol. The molecule has 1 aromatic carbocycles. The second-order valence-electron chi connectivity index (χ2n) is 2.84. The molecule has 14 heavy (non-hydrogen) atoms. The number of thiophene rings is 1. The Morgan fingerprint density at radius 1 is 1.50 bits per heavy atom. The maximum absolute atomic E-state index is 6.18. The Labute approximate surface area is 99.8 Å². The molecule has 2 rings (SSSR count). The van der Waals surface area contributed by atoms with Crippen molar-refractivity contribution in [1.82, 2.24) is 0 Å². The number of alkyl halides is 1. The van der Waals surface area contributed by atoms with E-state index in [1.54, 1.807) is 18.4 Å². The second-order valence-corrected chi connectivity index (χ2v) is 4.95. The van der Waals surface area contributed by atoms with Gasteiger partial charge in [-0.3, -0.25) is 0 Å². The predicted molar refractivity (Wildman–Crippen MR) is 66.0 cm³/mol. The standard InChI is InChI=1S/C10H8BrClOS/c1-13-8-2-3-9-7(10(8)12)4-6(5-11)14-9/h2-4H,5H2,1H3. The summed E-state index contributed by atoms with van der Waals surface area (Å²) in [6.45, 7) is 0. The van der Waals surface area contributed by atoms with Gasteiger partial charge < -0.3 is 4.74 Å². The zero-order chi connectivity index (χ0) is 10.1. The van der Waals surface area contributed by atoms with Crippen molar-refractivity contribution in [2.24, 2.45) is 0 Å². The van der Waals surface area contributed by atoms with Crippen LogP contribution in [0.5, 0.6) is 5.75 Å². The Morgan fingerprint density at radius 2 is 2.29 bits per heavy atom. The van der Waals surface area contributed by atoms with Crippen LogP contribution in [0.4, 0.5) is 0 Å². The van der Waals surface area contributed by atoms with Crippen molar-refractivity contribution in [2.75, 3.05) is 7.11 Å². The van der Waals surface area contributed by atoms with Crippen molar-refractivity contribution in [3.63, 3.8) is 0 Å². The van der Waals surface area contributed by atoms with E-state index in [1.807, 2.05) is 12.1 Å². The van der Waals surface area contributed by atoms with Crippen LogP contribution >= 0.6 is 38.9 Å². The Balaban J connectivity index is 2.68. The van der Waals surface area contributed by atoms with Crippen LogP contribution in [0.2, 0.25) is 5.02 Å². The molecule has 0 aliphatic heterocycles. The summed E-state index contributed by atoms with van der Waals surface area (Å²) in [6, 6.07) is 6.04. The highest BCUT2D eigenvalue weighted by Gasteiger charge is 2.08. The number of hydrogen-bond donors (Lipinski definition) is 0. The molecule has 1 aromatic heterocycles. The van der Waals surface area contributed by atoms with Gasteiger partial charge in [-0.1, -0.05) is 27.5 Å². The van der Waals surface area contributed by atoms with Crippen LogP contribution in [0, 0.1) is 0 Å². The topological polar surface area (TPSA) is 9.23 Å². The molecule has 4 heteroatoms. The third-order valence-electron chi connectivity index (χ3n) is 2.00. The average Bonchev–Trinajstić information content (AvgIpc) is 2.62. The van der Waals surface area contributed by atoms with Gasteiger partial charge in [-0.2, -0.15) is 0 Å². The normalized spacial score (nSPS) is 10.8. The highest BCUT2D eigenvalue weighted by atomic mass is 79.9. The van der Waals surface area contributed by atoms with Crippen LogP contribution in [0.1, 0.15) is 4.88 Å². The number of methoxy groups -OCH3 is 1. The van der Waals surface area contributed by atoms with Crippen molar-refractivity contribution in [3.05, 3.63) is 28.1 Å². The van der Waals surface area contributed by atoms with E-state index in [2.05, 4.69) is 22.0 Å². The minimum absolute atomic E-state index is 0.702. The lowest BCUT2D eigenvalue weighted by Crippen LogP contribution is -1.82. The number of benzene rings is 1. The molecule has 74 valence electrons. The van der Waals surface area contributed by atoms with Gasteiger partial charge in [0.1, 0.15) is 5.75 Å². The first-order valence-corrected chi connectivity index (χ1v) is 6.38. The summed E-state index contributed by atoms with van der Waals surface area (Å²) in [6.07, 6.45) is 0. The molecule has 0 unspecified atom stereocenters. The van der Waals surface area contributed by atoms with Gasteiger partial charge in [0.15, 0.2) is 0 Å². The Bertz CT molecular complexity index is 466. The molecule has 0 saturated heterocycles. The number of rotatable bonds is 2. The summed E-state index contributed by atoms with van der Waals surface area (Å²) in [4.78, 5) is 1.27. The summed E-state index contributed by atoms with van der Waals surface area (Å²) in [5.41, 5.74) is 0. The van der Waals surface area contributed by atoms with Crippen LogP contribution in [-0.4, -0.2) is 7.11 Å². The summed E-state index contributed by atoms with van der Waals surface area (Å²) in [5.74, 6) is 0.734. The van der Waals surface area contributed by atoms with Gasteiger partial charge in [0.25, 0.3) is 0 Å². The Kier molecular flexibility index (Phi) is 3.00. The zero-order valence-electron chi connectivity index (χ0n) is 7.51. The van der Waals surface area contributed by atoms with E-state index in [0.717, 1.165) is 16.5 Å². The van der Waals surface area contributed by atoms with E-state index in [4.69, 9.17) is 16.3 Å². The van der Waals surface area contributed by atoms with E-state index in [1.165, 1.54) is 9.58 Å². The second kappa shape index (κ2) is 4.09. The molecule has 0 atom stereocenters. The maximum atomic E-state index is 6.18. The molecule has 0 amide bonds. The third-order valence-corrected chi connectivity index (χ3v) is 4.47. The minimum atomic E-state index is 0.702. The molecule has 0 fully saturated rings. The number of halogens is 2. The molecule has 0 bridgehead atoms. The lowest BCUT2D eigenvalue weighted by Gasteiger charge is -2.02. The summed E-state index contributed by atoms with van der Waals surface area (Å²) in [5, 5.41) is 2.64. The fourth-order valence-electron chi connectivity index (χ4n) is 1.33.